The number of nitrogens with zero attached hydrogens (tertiary/aromatic N) is 1. The minimum absolute atomic E-state index is 0.0560. The Morgan fingerprint density at radius 1 is 1.26 bits per heavy atom. The van der Waals surface area contributed by atoms with E-state index < -0.39 is 0 Å². The highest BCUT2D eigenvalue weighted by Gasteiger charge is 2.21. The standard InChI is InChI=1S/C18H22ClNO3/c1-13-5-2-3-8-20(13)17(21)7-6-14-11-15(19)18-16(12-14)22-9-4-10-23-18/h6-7,11-13H,2-5,8-10H2,1H3/b7-6+. The lowest BCUT2D eigenvalue weighted by molar-refractivity contribution is -0.129. The Morgan fingerprint density at radius 3 is 2.91 bits per heavy atom. The van der Waals surface area contributed by atoms with Crippen molar-refractivity contribution in [1.29, 1.82) is 0 Å². The van der Waals surface area contributed by atoms with E-state index in [0.29, 0.717) is 35.8 Å². The molecule has 2 aliphatic heterocycles. The quantitative estimate of drug-likeness (QED) is 0.769. The SMILES string of the molecule is CC1CCCCN1C(=O)/C=C/c1cc(Cl)c2c(c1)OCCCO2. The molecule has 0 aliphatic carbocycles. The van der Waals surface area contributed by atoms with E-state index in [2.05, 4.69) is 6.92 Å². The lowest BCUT2D eigenvalue weighted by Gasteiger charge is -2.32. The number of amides is 1. The Morgan fingerprint density at radius 2 is 2.09 bits per heavy atom. The number of fused-ring (bicyclic) bond motifs is 1. The highest BCUT2D eigenvalue weighted by atomic mass is 35.5. The van der Waals surface area contributed by atoms with Gasteiger partial charge in [0, 0.05) is 25.1 Å². The van der Waals surface area contributed by atoms with Crippen molar-refractivity contribution in [1.82, 2.24) is 4.90 Å². The van der Waals surface area contributed by atoms with Gasteiger partial charge in [-0.15, -0.1) is 0 Å². The van der Waals surface area contributed by atoms with Gasteiger partial charge in [0.1, 0.15) is 0 Å². The van der Waals surface area contributed by atoms with Gasteiger partial charge in [0.15, 0.2) is 11.5 Å². The summed E-state index contributed by atoms with van der Waals surface area (Å²) in [6, 6.07) is 3.99. The van der Waals surface area contributed by atoms with Crippen LogP contribution < -0.4 is 9.47 Å². The Hall–Kier alpha value is -1.68. The van der Waals surface area contributed by atoms with Crippen LogP contribution in [0.2, 0.25) is 5.02 Å². The third-order valence-corrected chi connectivity index (χ3v) is 4.61. The summed E-state index contributed by atoms with van der Waals surface area (Å²) in [5, 5.41) is 0.517. The summed E-state index contributed by atoms with van der Waals surface area (Å²) in [5.74, 6) is 1.30. The first-order valence-electron chi connectivity index (χ1n) is 8.23. The number of piperidine rings is 1. The Bertz CT molecular complexity index is 615. The van der Waals surface area contributed by atoms with Crippen LogP contribution in [0.25, 0.3) is 6.08 Å². The molecule has 1 unspecified atom stereocenters. The van der Waals surface area contributed by atoms with Crippen molar-refractivity contribution in [2.24, 2.45) is 0 Å². The Kier molecular flexibility index (Phi) is 5.11. The second-order valence-electron chi connectivity index (χ2n) is 6.09. The van der Waals surface area contributed by atoms with Crippen LogP contribution in [0.15, 0.2) is 18.2 Å². The topological polar surface area (TPSA) is 38.8 Å². The molecule has 23 heavy (non-hydrogen) atoms. The Balaban J connectivity index is 1.75. The van der Waals surface area contributed by atoms with Crippen molar-refractivity contribution in [3.8, 4) is 11.5 Å². The molecule has 2 aliphatic rings. The number of benzene rings is 1. The number of halogens is 1. The van der Waals surface area contributed by atoms with Gasteiger partial charge in [-0.05, 0) is 50.0 Å². The van der Waals surface area contributed by atoms with Crippen molar-refractivity contribution in [3.63, 3.8) is 0 Å². The Labute approximate surface area is 142 Å². The number of likely N-dealkylation sites (tertiary alicyclic amines) is 1. The fraction of sp³-hybridized carbons (Fsp3) is 0.500. The van der Waals surface area contributed by atoms with Crippen LogP contribution in [0.5, 0.6) is 11.5 Å². The van der Waals surface area contributed by atoms with Gasteiger partial charge in [-0.2, -0.15) is 0 Å². The maximum Gasteiger partial charge on any atom is 0.246 e. The summed E-state index contributed by atoms with van der Waals surface area (Å²) in [4.78, 5) is 14.3. The van der Waals surface area contributed by atoms with Crippen molar-refractivity contribution in [2.45, 2.75) is 38.6 Å². The molecule has 4 nitrogen and oxygen atoms in total. The minimum Gasteiger partial charge on any atom is -0.489 e. The number of carbonyl (C=O) groups excluding carboxylic acids is 1. The predicted molar refractivity (Wildman–Crippen MR) is 91.1 cm³/mol. The van der Waals surface area contributed by atoms with Crippen molar-refractivity contribution in [2.75, 3.05) is 19.8 Å². The second kappa shape index (κ2) is 7.26. The third kappa shape index (κ3) is 3.81. The molecule has 2 heterocycles. The van der Waals surface area contributed by atoms with Crippen LogP contribution in [-0.4, -0.2) is 36.6 Å². The fourth-order valence-corrected chi connectivity index (χ4v) is 3.31. The zero-order valence-corrected chi connectivity index (χ0v) is 14.1. The van der Waals surface area contributed by atoms with Gasteiger partial charge >= 0.3 is 0 Å². The van der Waals surface area contributed by atoms with Gasteiger partial charge in [0.05, 0.1) is 18.2 Å². The molecule has 1 atom stereocenters. The normalized spacial score (nSPS) is 21.3. The van der Waals surface area contributed by atoms with Crippen LogP contribution in [0.4, 0.5) is 0 Å². The molecule has 5 heteroatoms. The highest BCUT2D eigenvalue weighted by Crippen LogP contribution is 2.38. The first-order chi connectivity index (χ1) is 11.1. The van der Waals surface area contributed by atoms with E-state index in [4.69, 9.17) is 21.1 Å². The summed E-state index contributed by atoms with van der Waals surface area (Å²) >= 11 is 6.27. The van der Waals surface area contributed by atoms with Crippen LogP contribution in [0.3, 0.4) is 0 Å². The van der Waals surface area contributed by atoms with Crippen LogP contribution in [0.1, 0.15) is 38.2 Å². The summed E-state index contributed by atoms with van der Waals surface area (Å²) < 4.78 is 11.3. The number of carbonyl (C=O) groups is 1. The van der Waals surface area contributed by atoms with Crippen molar-refractivity contribution < 1.29 is 14.3 Å². The monoisotopic (exact) mass is 335 g/mol. The molecule has 0 spiro atoms. The van der Waals surface area contributed by atoms with Gasteiger partial charge in [-0.1, -0.05) is 11.6 Å². The van der Waals surface area contributed by atoms with E-state index in [9.17, 15) is 4.79 Å². The van der Waals surface area contributed by atoms with Crippen LogP contribution in [0, 0.1) is 0 Å². The van der Waals surface area contributed by atoms with Gasteiger partial charge < -0.3 is 14.4 Å². The molecular formula is C18H22ClNO3. The molecule has 0 N–H and O–H groups in total. The van der Waals surface area contributed by atoms with Gasteiger partial charge in [-0.3, -0.25) is 4.79 Å². The molecule has 1 aromatic carbocycles. The molecule has 0 aromatic heterocycles. The van der Waals surface area contributed by atoms with E-state index in [1.807, 2.05) is 11.0 Å². The molecule has 1 saturated heterocycles. The molecule has 1 amide bonds. The molecule has 0 bridgehead atoms. The minimum atomic E-state index is 0.0560. The first kappa shape index (κ1) is 16.2. The lowest BCUT2D eigenvalue weighted by Crippen LogP contribution is -2.41. The van der Waals surface area contributed by atoms with Gasteiger partial charge in [-0.25, -0.2) is 0 Å². The lowest BCUT2D eigenvalue weighted by atomic mass is 10.0. The molecule has 124 valence electrons. The number of ether oxygens (including phenoxy) is 2. The average molecular weight is 336 g/mol. The van der Waals surface area contributed by atoms with Crippen molar-refractivity contribution in [3.05, 3.63) is 28.8 Å². The van der Waals surface area contributed by atoms with E-state index in [-0.39, 0.29) is 5.91 Å². The summed E-state index contributed by atoms with van der Waals surface area (Å²) in [6.45, 7) is 4.16. The molecular weight excluding hydrogens is 314 g/mol. The van der Waals surface area contributed by atoms with Crippen molar-refractivity contribution >= 4 is 23.6 Å². The maximum absolute atomic E-state index is 12.4. The van der Waals surface area contributed by atoms with E-state index >= 15 is 0 Å². The summed E-state index contributed by atoms with van der Waals surface area (Å²) in [5.41, 5.74) is 0.845. The smallest absolute Gasteiger partial charge is 0.246 e. The second-order valence-corrected chi connectivity index (χ2v) is 6.50. The number of hydrogen-bond donors (Lipinski definition) is 0. The molecule has 3 rings (SSSR count). The average Bonchev–Trinajstić information content (AvgIpc) is 2.79. The summed E-state index contributed by atoms with van der Waals surface area (Å²) in [6.07, 6.45) is 7.62. The number of rotatable bonds is 2. The van der Waals surface area contributed by atoms with Gasteiger partial charge in [0.2, 0.25) is 5.91 Å². The zero-order valence-electron chi connectivity index (χ0n) is 13.4. The molecule has 0 radical (unpaired) electrons. The molecule has 1 fully saturated rings. The highest BCUT2D eigenvalue weighted by molar-refractivity contribution is 6.32. The fourth-order valence-electron chi connectivity index (χ4n) is 3.04. The first-order valence-corrected chi connectivity index (χ1v) is 8.61. The molecule has 1 aromatic rings. The third-order valence-electron chi connectivity index (χ3n) is 4.33. The van der Waals surface area contributed by atoms with Gasteiger partial charge in [0.25, 0.3) is 0 Å². The number of hydrogen-bond acceptors (Lipinski definition) is 3. The van der Waals surface area contributed by atoms with Crippen LogP contribution in [-0.2, 0) is 4.79 Å². The van der Waals surface area contributed by atoms with E-state index in [1.54, 1.807) is 18.2 Å². The molecule has 0 saturated carbocycles. The van der Waals surface area contributed by atoms with Crippen LogP contribution >= 0.6 is 11.6 Å². The summed E-state index contributed by atoms with van der Waals surface area (Å²) in [7, 11) is 0. The largest absolute Gasteiger partial charge is 0.489 e. The van der Waals surface area contributed by atoms with E-state index in [0.717, 1.165) is 31.4 Å². The zero-order chi connectivity index (χ0) is 16.2. The van der Waals surface area contributed by atoms with E-state index in [1.165, 1.54) is 6.42 Å². The maximum atomic E-state index is 12.4. The predicted octanol–water partition coefficient (Wildman–Crippen LogP) is 3.92.